The van der Waals surface area contributed by atoms with Gasteiger partial charge >= 0.3 is 5.97 Å². The number of carboxylic acid groups (broad SMARTS) is 1. The molecule has 0 saturated carbocycles. The number of rotatable bonds is 5. The van der Waals surface area contributed by atoms with Crippen LogP contribution in [0.15, 0.2) is 30.3 Å². The van der Waals surface area contributed by atoms with E-state index in [2.05, 4.69) is 4.37 Å². The Morgan fingerprint density at radius 3 is 2.83 bits per heavy atom. The molecule has 6 heteroatoms. The number of benzene rings is 1. The van der Waals surface area contributed by atoms with Gasteiger partial charge in [0, 0.05) is 6.07 Å². The number of methoxy groups -OCH3 is 1. The number of aromatic carboxylic acids is 1. The molecule has 0 aliphatic heterocycles. The second-order valence-corrected chi connectivity index (χ2v) is 4.34. The van der Waals surface area contributed by atoms with Crippen LogP contribution in [0.25, 0.3) is 0 Å². The molecule has 1 aromatic heterocycles. The maximum atomic E-state index is 10.7. The summed E-state index contributed by atoms with van der Waals surface area (Å²) >= 11 is 1.12. The summed E-state index contributed by atoms with van der Waals surface area (Å²) < 4.78 is 14.4. The number of hydrogen-bond acceptors (Lipinski definition) is 5. The first kappa shape index (κ1) is 12.4. The molecule has 2 rings (SSSR count). The molecule has 0 aliphatic carbocycles. The van der Waals surface area contributed by atoms with Crippen molar-refractivity contribution >= 4 is 17.5 Å². The van der Waals surface area contributed by atoms with Crippen LogP contribution in [0.1, 0.15) is 15.4 Å². The lowest BCUT2D eigenvalue weighted by atomic mass is 10.3. The van der Waals surface area contributed by atoms with Gasteiger partial charge in [0.15, 0.2) is 5.69 Å². The number of carboxylic acids is 1. The van der Waals surface area contributed by atoms with Crippen molar-refractivity contribution in [1.29, 1.82) is 0 Å². The van der Waals surface area contributed by atoms with Gasteiger partial charge in [-0.1, -0.05) is 6.07 Å². The predicted molar refractivity (Wildman–Crippen MR) is 66.4 cm³/mol. The highest BCUT2D eigenvalue weighted by molar-refractivity contribution is 7.05. The Morgan fingerprint density at radius 2 is 2.17 bits per heavy atom. The van der Waals surface area contributed by atoms with E-state index in [1.54, 1.807) is 13.2 Å². The third kappa shape index (κ3) is 2.98. The van der Waals surface area contributed by atoms with Crippen molar-refractivity contribution in [3.05, 3.63) is 40.9 Å². The molecule has 0 fully saturated rings. The molecule has 94 valence electrons. The van der Waals surface area contributed by atoms with Gasteiger partial charge in [0.25, 0.3) is 0 Å². The van der Waals surface area contributed by atoms with Crippen LogP contribution < -0.4 is 9.47 Å². The van der Waals surface area contributed by atoms with Crippen LogP contribution in [0.5, 0.6) is 11.5 Å². The van der Waals surface area contributed by atoms with Crippen molar-refractivity contribution in [2.75, 3.05) is 7.11 Å². The first-order valence-electron chi connectivity index (χ1n) is 5.15. The van der Waals surface area contributed by atoms with Crippen LogP contribution in [0.3, 0.4) is 0 Å². The first-order valence-corrected chi connectivity index (χ1v) is 5.92. The van der Waals surface area contributed by atoms with E-state index in [1.807, 2.05) is 18.2 Å². The first-order chi connectivity index (χ1) is 8.69. The Bertz CT molecular complexity index is 553. The monoisotopic (exact) mass is 265 g/mol. The lowest BCUT2D eigenvalue weighted by Crippen LogP contribution is -1.96. The quantitative estimate of drug-likeness (QED) is 0.899. The lowest BCUT2D eigenvalue weighted by Gasteiger charge is -2.05. The molecule has 5 nitrogen and oxygen atoms in total. The summed E-state index contributed by atoms with van der Waals surface area (Å²) in [7, 11) is 1.58. The summed E-state index contributed by atoms with van der Waals surface area (Å²) in [5.74, 6) is 0.349. The van der Waals surface area contributed by atoms with Gasteiger partial charge in [0.1, 0.15) is 18.1 Å². The third-order valence-corrected chi connectivity index (χ3v) is 2.96. The maximum absolute atomic E-state index is 10.7. The van der Waals surface area contributed by atoms with Crippen LogP contribution in [0, 0.1) is 0 Å². The highest BCUT2D eigenvalue weighted by atomic mass is 32.1. The topological polar surface area (TPSA) is 68.7 Å². The molecule has 1 heterocycles. The molecule has 1 N–H and O–H groups in total. The maximum Gasteiger partial charge on any atom is 0.355 e. The number of ether oxygens (including phenoxy) is 2. The van der Waals surface area contributed by atoms with Crippen LogP contribution >= 0.6 is 11.5 Å². The van der Waals surface area contributed by atoms with Crippen molar-refractivity contribution in [3.63, 3.8) is 0 Å². The van der Waals surface area contributed by atoms with Crippen molar-refractivity contribution in [3.8, 4) is 11.5 Å². The molecule has 0 radical (unpaired) electrons. The molecule has 18 heavy (non-hydrogen) atoms. The Balaban J connectivity index is 1.99. The second-order valence-electron chi connectivity index (χ2n) is 3.45. The van der Waals surface area contributed by atoms with Gasteiger partial charge in [0.2, 0.25) is 0 Å². The van der Waals surface area contributed by atoms with Gasteiger partial charge in [-0.2, -0.15) is 4.37 Å². The molecule has 2 aromatic rings. The van der Waals surface area contributed by atoms with Crippen LogP contribution in [-0.4, -0.2) is 22.6 Å². The molecule has 0 aliphatic rings. The van der Waals surface area contributed by atoms with E-state index in [0.29, 0.717) is 11.5 Å². The lowest BCUT2D eigenvalue weighted by molar-refractivity contribution is 0.0692. The van der Waals surface area contributed by atoms with E-state index in [4.69, 9.17) is 14.6 Å². The molecule has 0 atom stereocenters. The van der Waals surface area contributed by atoms with E-state index in [-0.39, 0.29) is 12.3 Å². The van der Waals surface area contributed by atoms with E-state index in [0.717, 1.165) is 16.4 Å². The SMILES string of the molecule is COc1cccc(OCc2cc(C(=O)O)ns2)c1. The van der Waals surface area contributed by atoms with Crippen molar-refractivity contribution in [2.45, 2.75) is 6.61 Å². The Kier molecular flexibility index (Phi) is 3.78. The number of hydrogen-bond donors (Lipinski definition) is 1. The minimum absolute atomic E-state index is 0.0456. The summed E-state index contributed by atoms with van der Waals surface area (Å²) in [6.07, 6.45) is 0. The largest absolute Gasteiger partial charge is 0.497 e. The normalized spacial score (nSPS) is 10.1. The standard InChI is InChI=1S/C12H11NO4S/c1-16-8-3-2-4-9(5-8)17-7-10-6-11(12(14)15)13-18-10/h2-6H,7H2,1H3,(H,14,15). The highest BCUT2D eigenvalue weighted by Gasteiger charge is 2.09. The van der Waals surface area contributed by atoms with E-state index in [9.17, 15) is 4.79 Å². The van der Waals surface area contributed by atoms with Gasteiger partial charge in [0.05, 0.1) is 12.0 Å². The number of aromatic nitrogens is 1. The van der Waals surface area contributed by atoms with Crippen LogP contribution in [0.4, 0.5) is 0 Å². The van der Waals surface area contributed by atoms with E-state index < -0.39 is 5.97 Å². The van der Waals surface area contributed by atoms with Crippen LogP contribution in [0.2, 0.25) is 0 Å². The van der Waals surface area contributed by atoms with Crippen molar-refractivity contribution in [1.82, 2.24) is 4.37 Å². The molecule has 0 bridgehead atoms. The fourth-order valence-electron chi connectivity index (χ4n) is 1.33. The summed E-state index contributed by atoms with van der Waals surface area (Å²) in [4.78, 5) is 11.4. The number of nitrogens with zero attached hydrogens (tertiary/aromatic N) is 1. The molecule has 0 spiro atoms. The Morgan fingerprint density at radius 1 is 1.39 bits per heavy atom. The molecular formula is C12H11NO4S. The summed E-state index contributed by atoms with van der Waals surface area (Å²) in [5.41, 5.74) is 0.0456. The minimum Gasteiger partial charge on any atom is -0.497 e. The Labute approximate surface area is 108 Å². The molecule has 0 saturated heterocycles. The smallest absolute Gasteiger partial charge is 0.355 e. The van der Waals surface area contributed by atoms with Gasteiger partial charge in [-0.15, -0.1) is 0 Å². The van der Waals surface area contributed by atoms with Gasteiger partial charge < -0.3 is 14.6 Å². The summed E-state index contributed by atoms with van der Waals surface area (Å²) in [5, 5.41) is 8.74. The zero-order valence-corrected chi connectivity index (χ0v) is 10.4. The van der Waals surface area contributed by atoms with Gasteiger partial charge in [-0.25, -0.2) is 4.79 Å². The fraction of sp³-hybridized carbons (Fsp3) is 0.167. The molecule has 0 unspecified atom stereocenters. The Hall–Kier alpha value is -2.08. The van der Waals surface area contributed by atoms with Crippen molar-refractivity contribution < 1.29 is 19.4 Å². The van der Waals surface area contributed by atoms with E-state index >= 15 is 0 Å². The third-order valence-electron chi connectivity index (χ3n) is 2.20. The zero-order valence-electron chi connectivity index (χ0n) is 9.62. The summed E-state index contributed by atoms with van der Waals surface area (Å²) in [6, 6.07) is 8.72. The molecule has 0 amide bonds. The average Bonchev–Trinajstić information content (AvgIpc) is 2.85. The summed E-state index contributed by atoms with van der Waals surface area (Å²) in [6.45, 7) is 0.290. The molecular weight excluding hydrogens is 254 g/mol. The fourth-order valence-corrected chi connectivity index (χ4v) is 1.95. The van der Waals surface area contributed by atoms with Crippen LogP contribution in [-0.2, 0) is 6.61 Å². The zero-order chi connectivity index (χ0) is 13.0. The van der Waals surface area contributed by atoms with Crippen molar-refractivity contribution in [2.24, 2.45) is 0 Å². The second kappa shape index (κ2) is 5.50. The van der Waals surface area contributed by atoms with E-state index in [1.165, 1.54) is 6.07 Å². The number of carbonyl (C=O) groups is 1. The predicted octanol–water partition coefficient (Wildman–Crippen LogP) is 2.43. The van der Waals surface area contributed by atoms with Gasteiger partial charge in [-0.3, -0.25) is 0 Å². The van der Waals surface area contributed by atoms with Gasteiger partial charge in [-0.05, 0) is 29.7 Å². The average molecular weight is 265 g/mol. The highest BCUT2D eigenvalue weighted by Crippen LogP contribution is 2.20. The minimum atomic E-state index is -1.03. The molecule has 1 aromatic carbocycles.